The topological polar surface area (TPSA) is 58.6 Å². The predicted octanol–water partition coefficient (Wildman–Crippen LogP) is 4.86. The largest absolute Gasteiger partial charge is 0.493 e. The van der Waals surface area contributed by atoms with E-state index >= 15 is 0 Å². The van der Waals surface area contributed by atoms with Crippen LogP contribution in [0.25, 0.3) is 0 Å². The number of aromatic carboxylic acids is 1. The third-order valence-electron chi connectivity index (χ3n) is 3.44. The van der Waals surface area contributed by atoms with Crippen LogP contribution in [0, 0.1) is 6.92 Å². The average molecular weight is 378 g/mol. The first kappa shape index (κ1) is 17.3. The molecule has 0 heterocycles. The third-order valence-corrected chi connectivity index (χ3v) is 3.93. The highest BCUT2D eigenvalue weighted by atomic mass is 79.9. The molecule has 0 amide bonds. The van der Waals surface area contributed by atoms with Gasteiger partial charge in [0.05, 0.1) is 12.2 Å². The molecular weight excluding hydrogens is 358 g/mol. The number of rotatable bonds is 7. The van der Waals surface area contributed by atoms with Gasteiger partial charge in [-0.3, -0.25) is 0 Å². The summed E-state index contributed by atoms with van der Waals surface area (Å²) in [7, 11) is 0. The molecule has 122 valence electrons. The zero-order valence-electron chi connectivity index (χ0n) is 13.2. The summed E-state index contributed by atoms with van der Waals surface area (Å²) < 4.78 is 6.75. The second kappa shape index (κ2) is 8.02. The second-order valence-electron chi connectivity index (χ2n) is 5.29. The van der Waals surface area contributed by atoms with Crippen LogP contribution < -0.4 is 10.1 Å². The summed E-state index contributed by atoms with van der Waals surface area (Å²) in [5, 5.41) is 12.4. The Morgan fingerprint density at radius 3 is 2.74 bits per heavy atom. The van der Waals surface area contributed by atoms with Crippen LogP contribution in [0.1, 0.15) is 34.8 Å². The molecule has 0 aliphatic carbocycles. The van der Waals surface area contributed by atoms with Crippen molar-refractivity contribution < 1.29 is 14.6 Å². The fraction of sp³-hybridized carbons (Fsp3) is 0.278. The summed E-state index contributed by atoms with van der Waals surface area (Å²) in [6.45, 7) is 5.24. The lowest BCUT2D eigenvalue weighted by Crippen LogP contribution is -2.06. The van der Waals surface area contributed by atoms with E-state index < -0.39 is 5.97 Å². The van der Waals surface area contributed by atoms with E-state index in [-0.39, 0.29) is 5.56 Å². The van der Waals surface area contributed by atoms with Crippen molar-refractivity contribution in [3.8, 4) is 5.75 Å². The molecular formula is C18H20BrNO3. The third kappa shape index (κ3) is 4.73. The number of halogens is 1. The Morgan fingerprint density at radius 2 is 2.04 bits per heavy atom. The number of carbonyl (C=O) groups is 1. The SMILES string of the molecule is CCCOc1ccc(Br)cc1CNc1cc(C(=O)O)ccc1C. The van der Waals surface area contributed by atoms with Gasteiger partial charge in [-0.15, -0.1) is 0 Å². The van der Waals surface area contributed by atoms with E-state index in [0.717, 1.165) is 33.5 Å². The molecule has 2 rings (SSSR count). The quantitative estimate of drug-likeness (QED) is 0.723. The molecule has 0 fully saturated rings. The van der Waals surface area contributed by atoms with Crippen molar-refractivity contribution in [2.24, 2.45) is 0 Å². The summed E-state index contributed by atoms with van der Waals surface area (Å²) in [6, 6.07) is 11.0. The van der Waals surface area contributed by atoms with Crippen molar-refractivity contribution in [2.45, 2.75) is 26.8 Å². The van der Waals surface area contributed by atoms with Gasteiger partial charge >= 0.3 is 5.97 Å². The number of hydrogen-bond acceptors (Lipinski definition) is 3. The van der Waals surface area contributed by atoms with Gasteiger partial charge in [-0.25, -0.2) is 4.79 Å². The molecule has 0 atom stereocenters. The average Bonchev–Trinajstić information content (AvgIpc) is 2.53. The van der Waals surface area contributed by atoms with E-state index in [9.17, 15) is 4.79 Å². The molecule has 0 aliphatic heterocycles. The lowest BCUT2D eigenvalue weighted by Gasteiger charge is -2.14. The first-order valence-corrected chi connectivity index (χ1v) is 8.29. The number of hydrogen-bond donors (Lipinski definition) is 2. The molecule has 0 aromatic heterocycles. The standard InChI is InChI=1S/C18H20BrNO3/c1-3-8-23-17-7-6-15(19)9-14(17)11-20-16-10-13(18(21)22)5-4-12(16)2/h4-7,9-10,20H,3,8,11H2,1-2H3,(H,21,22). The maximum absolute atomic E-state index is 11.1. The minimum absolute atomic E-state index is 0.273. The van der Waals surface area contributed by atoms with Gasteiger partial charge in [0.25, 0.3) is 0 Å². The molecule has 23 heavy (non-hydrogen) atoms. The molecule has 0 bridgehead atoms. The summed E-state index contributed by atoms with van der Waals surface area (Å²) in [4.78, 5) is 11.1. The van der Waals surface area contributed by atoms with Crippen molar-refractivity contribution in [1.82, 2.24) is 0 Å². The highest BCUT2D eigenvalue weighted by Crippen LogP contribution is 2.25. The van der Waals surface area contributed by atoms with Gasteiger partial charge in [0.2, 0.25) is 0 Å². The number of nitrogens with one attached hydrogen (secondary N) is 1. The fourth-order valence-electron chi connectivity index (χ4n) is 2.17. The lowest BCUT2D eigenvalue weighted by atomic mass is 10.1. The van der Waals surface area contributed by atoms with E-state index in [1.807, 2.05) is 25.1 Å². The molecule has 2 aromatic carbocycles. The number of carboxylic acids is 1. The highest BCUT2D eigenvalue weighted by molar-refractivity contribution is 9.10. The molecule has 0 radical (unpaired) electrons. The normalized spacial score (nSPS) is 10.4. The fourth-order valence-corrected chi connectivity index (χ4v) is 2.58. The maximum Gasteiger partial charge on any atom is 0.335 e. The Morgan fingerprint density at radius 1 is 1.26 bits per heavy atom. The van der Waals surface area contributed by atoms with Gasteiger partial charge in [-0.1, -0.05) is 28.9 Å². The molecule has 2 N–H and O–H groups in total. The van der Waals surface area contributed by atoms with Crippen molar-refractivity contribution >= 4 is 27.6 Å². The Kier molecular flexibility index (Phi) is 6.04. The Labute approximate surface area is 144 Å². The zero-order valence-corrected chi connectivity index (χ0v) is 14.8. The van der Waals surface area contributed by atoms with Gasteiger partial charge in [0.1, 0.15) is 5.75 Å². The van der Waals surface area contributed by atoms with Gasteiger partial charge in [0.15, 0.2) is 0 Å². The van der Waals surface area contributed by atoms with Crippen LogP contribution in [0.5, 0.6) is 5.75 Å². The second-order valence-corrected chi connectivity index (χ2v) is 6.20. The van der Waals surface area contributed by atoms with Crippen molar-refractivity contribution in [1.29, 1.82) is 0 Å². The summed E-state index contributed by atoms with van der Waals surface area (Å²) >= 11 is 3.47. The van der Waals surface area contributed by atoms with E-state index in [4.69, 9.17) is 9.84 Å². The van der Waals surface area contributed by atoms with Crippen LogP contribution in [0.2, 0.25) is 0 Å². The van der Waals surface area contributed by atoms with Gasteiger partial charge in [0, 0.05) is 22.3 Å². The number of benzene rings is 2. The summed E-state index contributed by atoms with van der Waals surface area (Å²) in [5.41, 5.74) is 3.11. The summed E-state index contributed by atoms with van der Waals surface area (Å²) in [5.74, 6) is -0.0861. The van der Waals surface area contributed by atoms with Gasteiger partial charge < -0.3 is 15.2 Å². The maximum atomic E-state index is 11.1. The van der Waals surface area contributed by atoms with Gasteiger partial charge in [-0.05, 0) is 49.2 Å². The van der Waals surface area contributed by atoms with E-state index in [0.29, 0.717) is 13.2 Å². The van der Waals surface area contributed by atoms with Crippen LogP contribution in [0.4, 0.5) is 5.69 Å². The molecule has 0 spiro atoms. The molecule has 0 unspecified atom stereocenters. The monoisotopic (exact) mass is 377 g/mol. The smallest absolute Gasteiger partial charge is 0.335 e. The van der Waals surface area contributed by atoms with Crippen LogP contribution in [0.3, 0.4) is 0 Å². The first-order valence-electron chi connectivity index (χ1n) is 7.50. The van der Waals surface area contributed by atoms with E-state index in [1.54, 1.807) is 18.2 Å². The van der Waals surface area contributed by atoms with Crippen molar-refractivity contribution in [3.63, 3.8) is 0 Å². The molecule has 0 aliphatic rings. The van der Waals surface area contributed by atoms with Crippen LogP contribution in [0.15, 0.2) is 40.9 Å². The first-order chi connectivity index (χ1) is 11.0. The highest BCUT2D eigenvalue weighted by Gasteiger charge is 2.08. The lowest BCUT2D eigenvalue weighted by molar-refractivity contribution is 0.0697. The van der Waals surface area contributed by atoms with Crippen LogP contribution in [-0.2, 0) is 6.54 Å². The number of aryl methyl sites for hydroxylation is 1. The molecule has 5 heteroatoms. The number of anilines is 1. The molecule has 0 saturated carbocycles. The van der Waals surface area contributed by atoms with Crippen LogP contribution >= 0.6 is 15.9 Å². The number of carboxylic acid groups (broad SMARTS) is 1. The van der Waals surface area contributed by atoms with Crippen molar-refractivity contribution in [3.05, 3.63) is 57.6 Å². The molecule has 4 nitrogen and oxygen atoms in total. The van der Waals surface area contributed by atoms with Crippen molar-refractivity contribution in [2.75, 3.05) is 11.9 Å². The van der Waals surface area contributed by atoms with E-state index in [2.05, 4.69) is 28.2 Å². The Balaban J connectivity index is 2.18. The Hall–Kier alpha value is -2.01. The zero-order chi connectivity index (χ0) is 16.8. The van der Waals surface area contributed by atoms with Gasteiger partial charge in [-0.2, -0.15) is 0 Å². The number of ether oxygens (including phenoxy) is 1. The van der Waals surface area contributed by atoms with Crippen LogP contribution in [-0.4, -0.2) is 17.7 Å². The minimum Gasteiger partial charge on any atom is -0.493 e. The Bertz CT molecular complexity index is 701. The van der Waals surface area contributed by atoms with E-state index in [1.165, 1.54) is 0 Å². The summed E-state index contributed by atoms with van der Waals surface area (Å²) in [6.07, 6.45) is 0.947. The molecule has 2 aromatic rings. The predicted molar refractivity (Wildman–Crippen MR) is 95.4 cm³/mol. The molecule has 0 saturated heterocycles. The minimum atomic E-state index is -0.928.